The van der Waals surface area contributed by atoms with Crippen molar-refractivity contribution in [1.29, 1.82) is 0 Å². The highest BCUT2D eigenvalue weighted by atomic mass is 32.2. The second-order valence-corrected chi connectivity index (χ2v) is 7.32. The summed E-state index contributed by atoms with van der Waals surface area (Å²) in [5.74, 6) is -1.32. The molecule has 1 saturated heterocycles. The maximum Gasteiger partial charge on any atom is 0.247 e. The predicted molar refractivity (Wildman–Crippen MR) is 76.7 cm³/mol. The molecule has 2 rings (SSSR count). The number of hydrogen-bond donors (Lipinski definition) is 2. The number of anilines is 1. The molecule has 8 heteroatoms. The lowest BCUT2D eigenvalue weighted by molar-refractivity contribution is -0.141. The third-order valence-electron chi connectivity index (χ3n) is 3.45. The molecular formula is C13H17N3O4S. The maximum absolute atomic E-state index is 12.7. The lowest BCUT2D eigenvalue weighted by atomic mass is 10.0. The van der Waals surface area contributed by atoms with Crippen LogP contribution in [0.4, 0.5) is 5.69 Å². The molecule has 0 aromatic heterocycles. The van der Waals surface area contributed by atoms with Crippen molar-refractivity contribution in [3.05, 3.63) is 23.8 Å². The van der Waals surface area contributed by atoms with Gasteiger partial charge in [0.25, 0.3) is 0 Å². The molecule has 1 fully saturated rings. The molecule has 7 nitrogen and oxygen atoms in total. The number of rotatable bonds is 2. The zero-order chi connectivity index (χ0) is 16.0. The van der Waals surface area contributed by atoms with Crippen molar-refractivity contribution in [1.82, 2.24) is 9.62 Å². The van der Waals surface area contributed by atoms with Crippen molar-refractivity contribution in [2.24, 2.45) is 0 Å². The molecule has 3 N–H and O–H groups in total. The Morgan fingerprint density at radius 1 is 1.29 bits per heavy atom. The van der Waals surface area contributed by atoms with Gasteiger partial charge in [0.1, 0.15) is 10.4 Å². The number of imide groups is 1. The summed E-state index contributed by atoms with van der Waals surface area (Å²) < 4.78 is 26.4. The number of amides is 2. The van der Waals surface area contributed by atoms with Crippen LogP contribution < -0.4 is 11.1 Å². The number of nitrogens with zero attached hydrogens (tertiary/aromatic N) is 1. The molecule has 0 saturated carbocycles. The Morgan fingerprint density at radius 2 is 1.90 bits per heavy atom. The first-order valence-corrected chi connectivity index (χ1v) is 7.74. The van der Waals surface area contributed by atoms with E-state index >= 15 is 0 Å². The minimum Gasteiger partial charge on any atom is -0.398 e. The van der Waals surface area contributed by atoms with E-state index in [1.165, 1.54) is 26.0 Å². The summed E-state index contributed by atoms with van der Waals surface area (Å²) in [6.45, 7) is 4.25. The number of nitrogens with one attached hydrogen (secondary N) is 1. The van der Waals surface area contributed by atoms with Gasteiger partial charge in [-0.15, -0.1) is 0 Å². The summed E-state index contributed by atoms with van der Waals surface area (Å²) in [7, 11) is -4.06. The highest BCUT2D eigenvalue weighted by Crippen LogP contribution is 2.30. The van der Waals surface area contributed by atoms with Gasteiger partial charge in [-0.25, -0.2) is 8.42 Å². The van der Waals surface area contributed by atoms with Crippen LogP contribution in [0.3, 0.4) is 0 Å². The van der Waals surface area contributed by atoms with E-state index < -0.39 is 33.9 Å². The normalized spacial score (nSPS) is 19.4. The zero-order valence-corrected chi connectivity index (χ0v) is 12.8. The largest absolute Gasteiger partial charge is 0.398 e. The summed E-state index contributed by atoms with van der Waals surface area (Å²) in [4.78, 5) is 23.3. The number of carbonyl (C=O) groups is 2. The molecule has 0 radical (unpaired) electrons. The number of benzene rings is 1. The van der Waals surface area contributed by atoms with Gasteiger partial charge in [0.2, 0.25) is 21.8 Å². The van der Waals surface area contributed by atoms with Crippen LogP contribution in [-0.4, -0.2) is 36.6 Å². The van der Waals surface area contributed by atoms with E-state index in [9.17, 15) is 18.0 Å². The third-order valence-corrected chi connectivity index (χ3v) is 5.55. The minimum atomic E-state index is -4.06. The zero-order valence-electron chi connectivity index (χ0n) is 12.0. The smallest absolute Gasteiger partial charge is 0.247 e. The molecule has 1 aromatic rings. The van der Waals surface area contributed by atoms with Gasteiger partial charge in [-0.05, 0) is 38.5 Å². The number of carbonyl (C=O) groups excluding carboxylic acids is 2. The molecule has 1 aliphatic heterocycles. The van der Waals surface area contributed by atoms with Crippen LogP contribution >= 0.6 is 0 Å². The van der Waals surface area contributed by atoms with Crippen LogP contribution in [0.2, 0.25) is 0 Å². The van der Waals surface area contributed by atoms with Gasteiger partial charge in [-0.3, -0.25) is 14.9 Å². The standard InChI is InChI=1S/C13H17N3O4S/c1-8-4-5-10(9(14)6-8)21(19,20)16-7-11(17)15-12(18)13(16,2)3/h4-6H,7,14H2,1-3H3,(H,15,17,18). The molecule has 0 atom stereocenters. The van der Waals surface area contributed by atoms with Crippen molar-refractivity contribution in [2.75, 3.05) is 12.3 Å². The first-order valence-electron chi connectivity index (χ1n) is 6.30. The topological polar surface area (TPSA) is 110 Å². The van der Waals surface area contributed by atoms with Crippen LogP contribution in [0.5, 0.6) is 0 Å². The Kier molecular flexibility index (Phi) is 3.54. The van der Waals surface area contributed by atoms with Crippen molar-refractivity contribution in [3.63, 3.8) is 0 Å². The van der Waals surface area contributed by atoms with E-state index in [1.807, 2.05) is 0 Å². The summed E-state index contributed by atoms with van der Waals surface area (Å²) in [6, 6.07) is 4.53. The average molecular weight is 311 g/mol. The second kappa shape index (κ2) is 4.81. The third kappa shape index (κ3) is 2.52. The lowest BCUT2D eigenvalue weighted by Gasteiger charge is -2.39. The fourth-order valence-electron chi connectivity index (χ4n) is 2.17. The first kappa shape index (κ1) is 15.5. The number of hydrogen-bond acceptors (Lipinski definition) is 5. The number of piperazine rings is 1. The molecule has 0 aliphatic carbocycles. The van der Waals surface area contributed by atoms with Crippen molar-refractivity contribution in [3.8, 4) is 0 Å². The summed E-state index contributed by atoms with van der Waals surface area (Å²) >= 11 is 0. The summed E-state index contributed by atoms with van der Waals surface area (Å²) in [6.07, 6.45) is 0. The van der Waals surface area contributed by atoms with E-state index in [2.05, 4.69) is 5.32 Å². The van der Waals surface area contributed by atoms with Crippen molar-refractivity contribution < 1.29 is 18.0 Å². The van der Waals surface area contributed by atoms with E-state index in [0.717, 1.165) is 9.87 Å². The molecule has 0 unspecified atom stereocenters. The fourth-order valence-corrected chi connectivity index (χ4v) is 3.97. The molecule has 1 aliphatic rings. The molecule has 1 heterocycles. The molecular weight excluding hydrogens is 294 g/mol. The average Bonchev–Trinajstić information content (AvgIpc) is 2.33. The molecule has 114 valence electrons. The second-order valence-electron chi connectivity index (χ2n) is 5.49. The molecule has 0 spiro atoms. The monoisotopic (exact) mass is 311 g/mol. The Bertz CT molecular complexity index is 725. The van der Waals surface area contributed by atoms with E-state index in [-0.39, 0.29) is 10.6 Å². The number of aryl methyl sites for hydroxylation is 1. The van der Waals surface area contributed by atoms with Crippen LogP contribution in [0.1, 0.15) is 19.4 Å². The predicted octanol–water partition coefficient (Wildman–Crippen LogP) is 0.00292. The summed E-state index contributed by atoms with van der Waals surface area (Å²) in [5, 5.41) is 2.13. The fraction of sp³-hybridized carbons (Fsp3) is 0.385. The van der Waals surface area contributed by atoms with E-state index in [1.54, 1.807) is 13.0 Å². The van der Waals surface area contributed by atoms with Crippen molar-refractivity contribution in [2.45, 2.75) is 31.2 Å². The SMILES string of the molecule is Cc1ccc(S(=O)(=O)N2CC(=O)NC(=O)C2(C)C)c(N)c1. The van der Waals surface area contributed by atoms with Gasteiger partial charge in [-0.1, -0.05) is 6.07 Å². The maximum atomic E-state index is 12.7. The van der Waals surface area contributed by atoms with Crippen LogP contribution in [0, 0.1) is 6.92 Å². The molecule has 21 heavy (non-hydrogen) atoms. The molecule has 0 bridgehead atoms. The number of nitrogens with two attached hydrogens (primary N) is 1. The van der Waals surface area contributed by atoms with Gasteiger partial charge in [0.15, 0.2) is 0 Å². The highest BCUT2D eigenvalue weighted by molar-refractivity contribution is 7.89. The molecule has 2 amide bonds. The van der Waals surface area contributed by atoms with Crippen molar-refractivity contribution >= 4 is 27.5 Å². The Labute approximate surface area is 123 Å². The van der Waals surface area contributed by atoms with E-state index in [4.69, 9.17) is 5.73 Å². The lowest BCUT2D eigenvalue weighted by Crippen LogP contribution is -2.65. The Morgan fingerprint density at radius 3 is 2.48 bits per heavy atom. The number of sulfonamides is 1. The van der Waals surface area contributed by atoms with Gasteiger partial charge in [-0.2, -0.15) is 4.31 Å². The quantitative estimate of drug-likeness (QED) is 0.590. The highest BCUT2D eigenvalue weighted by Gasteiger charge is 2.48. The van der Waals surface area contributed by atoms with E-state index in [0.29, 0.717) is 0 Å². The minimum absolute atomic E-state index is 0.0873. The van der Waals surface area contributed by atoms with Gasteiger partial charge < -0.3 is 5.73 Å². The Hall–Kier alpha value is -1.93. The number of nitrogen functional groups attached to an aromatic ring is 1. The van der Waals surface area contributed by atoms with Gasteiger partial charge in [0, 0.05) is 0 Å². The van der Waals surface area contributed by atoms with Gasteiger partial charge >= 0.3 is 0 Å². The van der Waals surface area contributed by atoms with Crippen LogP contribution in [-0.2, 0) is 19.6 Å². The van der Waals surface area contributed by atoms with Crippen LogP contribution in [0.25, 0.3) is 0 Å². The Balaban J connectivity index is 2.56. The summed E-state index contributed by atoms with van der Waals surface area (Å²) in [5.41, 5.74) is 5.31. The van der Waals surface area contributed by atoms with Gasteiger partial charge in [0.05, 0.1) is 12.2 Å². The van der Waals surface area contributed by atoms with Crippen LogP contribution in [0.15, 0.2) is 23.1 Å². The molecule has 1 aromatic carbocycles. The first-order chi connectivity index (χ1) is 9.56.